The van der Waals surface area contributed by atoms with Gasteiger partial charge in [-0.25, -0.2) is 13.4 Å². The van der Waals surface area contributed by atoms with E-state index in [1.807, 2.05) is 43.3 Å². The third kappa shape index (κ3) is 6.88. The van der Waals surface area contributed by atoms with Gasteiger partial charge in [-0.1, -0.05) is 50.2 Å². The first-order chi connectivity index (χ1) is 16.8. The van der Waals surface area contributed by atoms with Crippen LogP contribution in [-0.4, -0.2) is 68.8 Å². The Morgan fingerprint density at radius 3 is 2.09 bits per heavy atom. The molecule has 1 amide bonds. The first-order valence-corrected chi connectivity index (χ1v) is 14.5. The summed E-state index contributed by atoms with van der Waals surface area (Å²) in [6.07, 6.45) is 3.51. The number of rotatable bonds is 13. The topological polar surface area (TPSA) is 73.8 Å². The second-order valence-electron chi connectivity index (χ2n) is 8.86. The van der Waals surface area contributed by atoms with E-state index in [9.17, 15) is 13.2 Å². The Balaban J connectivity index is 1.87. The number of hydrogen-bond acceptors (Lipinski definition) is 6. The van der Waals surface area contributed by atoms with Crippen LogP contribution in [-0.2, 0) is 10.0 Å². The van der Waals surface area contributed by atoms with Crippen molar-refractivity contribution < 1.29 is 13.2 Å². The maximum atomic E-state index is 13.5. The summed E-state index contributed by atoms with van der Waals surface area (Å²) >= 11 is 1.48. The molecule has 35 heavy (non-hydrogen) atoms. The van der Waals surface area contributed by atoms with E-state index in [0.29, 0.717) is 36.9 Å². The number of nitrogens with zero attached hydrogens (tertiary/aromatic N) is 4. The standard InChI is InChI=1S/C26H36N4O3S2/c1-5-7-17-29(18-8-6-2)35(32,33)22-15-13-21(14-16-22)25(31)30(20-19-28(3)4)26-27-23-11-9-10-12-24(23)34-26/h9-16H,5-8,17-20H2,1-4H3. The molecule has 0 unspecified atom stereocenters. The average Bonchev–Trinajstić information content (AvgIpc) is 3.27. The van der Waals surface area contributed by atoms with Gasteiger partial charge in [0, 0.05) is 31.7 Å². The zero-order valence-electron chi connectivity index (χ0n) is 21.1. The van der Waals surface area contributed by atoms with Crippen LogP contribution in [0.2, 0.25) is 0 Å². The van der Waals surface area contributed by atoms with Gasteiger partial charge >= 0.3 is 0 Å². The van der Waals surface area contributed by atoms with Crippen molar-refractivity contribution in [2.24, 2.45) is 0 Å². The molecule has 0 saturated carbocycles. The normalized spacial score (nSPS) is 12.1. The Hall–Kier alpha value is -2.33. The van der Waals surface area contributed by atoms with Crippen molar-refractivity contribution >= 4 is 42.6 Å². The number of carbonyl (C=O) groups is 1. The van der Waals surface area contributed by atoms with Gasteiger partial charge in [0.15, 0.2) is 5.13 Å². The Morgan fingerprint density at radius 2 is 1.51 bits per heavy atom. The Bertz CT molecular complexity index is 1170. The molecule has 0 bridgehead atoms. The van der Waals surface area contributed by atoms with Gasteiger partial charge in [-0.05, 0) is 63.3 Å². The van der Waals surface area contributed by atoms with E-state index in [1.165, 1.54) is 11.3 Å². The molecule has 1 heterocycles. The van der Waals surface area contributed by atoms with E-state index in [2.05, 4.69) is 18.8 Å². The van der Waals surface area contributed by atoms with Crippen molar-refractivity contribution in [1.82, 2.24) is 14.2 Å². The van der Waals surface area contributed by atoms with E-state index in [4.69, 9.17) is 0 Å². The van der Waals surface area contributed by atoms with E-state index in [1.54, 1.807) is 33.5 Å². The average molecular weight is 517 g/mol. The molecule has 0 N–H and O–H groups in total. The number of hydrogen-bond donors (Lipinski definition) is 0. The molecule has 9 heteroatoms. The van der Waals surface area contributed by atoms with Gasteiger partial charge in [0.1, 0.15) is 0 Å². The zero-order chi connectivity index (χ0) is 25.4. The van der Waals surface area contributed by atoms with Gasteiger partial charge in [0.25, 0.3) is 5.91 Å². The Morgan fingerprint density at radius 1 is 0.886 bits per heavy atom. The minimum absolute atomic E-state index is 0.191. The van der Waals surface area contributed by atoms with Crippen molar-refractivity contribution in [3.8, 4) is 0 Å². The van der Waals surface area contributed by atoms with Crippen molar-refractivity contribution in [3.63, 3.8) is 0 Å². The van der Waals surface area contributed by atoms with Crippen LogP contribution in [0, 0.1) is 0 Å². The first kappa shape index (κ1) is 27.3. The van der Waals surface area contributed by atoms with E-state index >= 15 is 0 Å². The number of likely N-dealkylation sites (N-methyl/N-ethyl adjacent to an activating group) is 1. The lowest BCUT2D eigenvalue weighted by molar-refractivity contribution is 0.0985. The lowest BCUT2D eigenvalue weighted by Crippen LogP contribution is -2.37. The summed E-state index contributed by atoms with van der Waals surface area (Å²) in [7, 11) is 0.316. The summed E-state index contributed by atoms with van der Waals surface area (Å²) in [6, 6.07) is 14.2. The Labute approximate surface area is 213 Å². The van der Waals surface area contributed by atoms with Crippen molar-refractivity contribution in [3.05, 3.63) is 54.1 Å². The monoisotopic (exact) mass is 516 g/mol. The molecule has 0 spiro atoms. The molecule has 190 valence electrons. The van der Waals surface area contributed by atoms with Crippen molar-refractivity contribution in [1.29, 1.82) is 0 Å². The molecule has 7 nitrogen and oxygen atoms in total. The maximum absolute atomic E-state index is 13.5. The van der Waals surface area contributed by atoms with E-state index in [-0.39, 0.29) is 10.8 Å². The fourth-order valence-electron chi connectivity index (χ4n) is 3.66. The number of aromatic nitrogens is 1. The predicted molar refractivity (Wildman–Crippen MR) is 145 cm³/mol. The maximum Gasteiger partial charge on any atom is 0.260 e. The fraction of sp³-hybridized carbons (Fsp3) is 0.462. The summed E-state index contributed by atoms with van der Waals surface area (Å²) in [5.41, 5.74) is 1.30. The molecular formula is C26H36N4O3S2. The zero-order valence-corrected chi connectivity index (χ0v) is 22.7. The molecule has 0 saturated heterocycles. The number of carbonyl (C=O) groups excluding carboxylic acids is 1. The fourth-order valence-corrected chi connectivity index (χ4v) is 6.16. The number of thiazole rings is 1. The van der Waals surface area contributed by atoms with Crippen LogP contribution in [0.3, 0.4) is 0 Å². The third-order valence-electron chi connectivity index (χ3n) is 5.79. The predicted octanol–water partition coefficient (Wildman–Crippen LogP) is 5.10. The molecule has 0 aliphatic rings. The molecule has 3 aromatic rings. The molecule has 0 aliphatic heterocycles. The van der Waals surface area contributed by atoms with Gasteiger partial charge < -0.3 is 4.90 Å². The highest BCUT2D eigenvalue weighted by atomic mass is 32.2. The van der Waals surface area contributed by atoms with Crippen LogP contribution in [0.4, 0.5) is 5.13 Å². The van der Waals surface area contributed by atoms with Gasteiger partial charge in [-0.2, -0.15) is 4.31 Å². The molecule has 1 aromatic heterocycles. The quantitative estimate of drug-likeness (QED) is 0.316. The summed E-state index contributed by atoms with van der Waals surface area (Å²) in [4.78, 5) is 22.1. The second-order valence-corrected chi connectivity index (χ2v) is 11.8. The van der Waals surface area contributed by atoms with Crippen LogP contribution in [0.25, 0.3) is 10.2 Å². The number of benzene rings is 2. The minimum Gasteiger partial charge on any atom is -0.308 e. The molecule has 0 aliphatic carbocycles. The summed E-state index contributed by atoms with van der Waals surface area (Å²) < 4.78 is 29.1. The van der Waals surface area contributed by atoms with Crippen LogP contribution >= 0.6 is 11.3 Å². The number of amides is 1. The lowest BCUT2D eigenvalue weighted by atomic mass is 10.2. The highest BCUT2D eigenvalue weighted by Crippen LogP contribution is 2.30. The van der Waals surface area contributed by atoms with Crippen LogP contribution < -0.4 is 4.90 Å². The summed E-state index contributed by atoms with van der Waals surface area (Å²) in [5, 5.41) is 0.639. The number of fused-ring (bicyclic) bond motifs is 1. The minimum atomic E-state index is -3.61. The van der Waals surface area contributed by atoms with Crippen LogP contribution in [0.15, 0.2) is 53.4 Å². The number of unbranched alkanes of at least 4 members (excludes halogenated alkanes) is 2. The number of sulfonamides is 1. The van der Waals surface area contributed by atoms with E-state index in [0.717, 1.165) is 35.9 Å². The van der Waals surface area contributed by atoms with Crippen LogP contribution in [0.5, 0.6) is 0 Å². The SMILES string of the molecule is CCCCN(CCCC)S(=O)(=O)c1ccc(C(=O)N(CCN(C)C)c2nc3ccccc3s2)cc1. The first-order valence-electron chi connectivity index (χ1n) is 12.2. The van der Waals surface area contributed by atoms with Gasteiger partial charge in [-0.15, -0.1) is 0 Å². The number of anilines is 1. The smallest absolute Gasteiger partial charge is 0.260 e. The third-order valence-corrected chi connectivity index (χ3v) is 8.76. The summed E-state index contributed by atoms with van der Waals surface area (Å²) in [6.45, 7) is 6.29. The molecule has 0 atom stereocenters. The van der Waals surface area contributed by atoms with Gasteiger partial charge in [0.2, 0.25) is 10.0 Å². The van der Waals surface area contributed by atoms with Crippen LogP contribution in [0.1, 0.15) is 49.9 Å². The second kappa shape index (κ2) is 12.6. The molecule has 3 rings (SSSR count). The highest BCUT2D eigenvalue weighted by molar-refractivity contribution is 7.89. The molecular weight excluding hydrogens is 480 g/mol. The van der Waals surface area contributed by atoms with E-state index < -0.39 is 10.0 Å². The van der Waals surface area contributed by atoms with Gasteiger partial charge in [0.05, 0.1) is 15.1 Å². The largest absolute Gasteiger partial charge is 0.308 e. The molecule has 0 fully saturated rings. The Kier molecular flexibility index (Phi) is 9.80. The van der Waals surface area contributed by atoms with Crippen molar-refractivity contribution in [2.75, 3.05) is 45.2 Å². The van der Waals surface area contributed by atoms with Gasteiger partial charge in [-0.3, -0.25) is 9.69 Å². The lowest BCUT2D eigenvalue weighted by Gasteiger charge is -2.23. The highest BCUT2D eigenvalue weighted by Gasteiger charge is 2.25. The molecule has 0 radical (unpaired) electrons. The molecule has 2 aromatic carbocycles. The van der Waals surface area contributed by atoms with Crippen molar-refractivity contribution in [2.45, 2.75) is 44.4 Å². The summed E-state index contributed by atoms with van der Waals surface area (Å²) in [5.74, 6) is -0.191. The number of para-hydroxylation sites is 1.